The first-order valence-corrected chi connectivity index (χ1v) is 12.0. The summed E-state index contributed by atoms with van der Waals surface area (Å²) in [5.41, 5.74) is -0.648. The molecule has 2 fully saturated rings. The predicted molar refractivity (Wildman–Crippen MR) is 128 cm³/mol. The van der Waals surface area contributed by atoms with Gasteiger partial charge in [-0.15, -0.1) is 0 Å². The van der Waals surface area contributed by atoms with Crippen molar-refractivity contribution in [1.29, 1.82) is 0 Å². The van der Waals surface area contributed by atoms with Crippen LogP contribution in [0.5, 0.6) is 0 Å². The molecule has 1 unspecified atom stereocenters. The van der Waals surface area contributed by atoms with Crippen molar-refractivity contribution in [2.24, 2.45) is 11.3 Å². The summed E-state index contributed by atoms with van der Waals surface area (Å²) in [4.78, 5) is 55.1. The third kappa shape index (κ3) is 4.38. The number of amides is 4. The zero-order valence-electron chi connectivity index (χ0n) is 20.5. The van der Waals surface area contributed by atoms with E-state index < -0.39 is 40.5 Å². The highest BCUT2D eigenvalue weighted by atomic mass is 19.1. The Balaban J connectivity index is 1.52. The second kappa shape index (κ2) is 9.79. The van der Waals surface area contributed by atoms with Gasteiger partial charge >= 0.3 is 0 Å². The number of halogens is 2. The summed E-state index contributed by atoms with van der Waals surface area (Å²) in [7, 11) is 1.49. The fourth-order valence-electron chi connectivity index (χ4n) is 5.32. The molecule has 1 N–H and O–H groups in total. The van der Waals surface area contributed by atoms with Crippen LogP contribution in [0.25, 0.3) is 0 Å². The summed E-state index contributed by atoms with van der Waals surface area (Å²) < 4.78 is 27.6. The lowest BCUT2D eigenvalue weighted by atomic mass is 9.67. The third-order valence-corrected chi connectivity index (χ3v) is 7.35. The second-order valence-corrected chi connectivity index (χ2v) is 9.85. The van der Waals surface area contributed by atoms with Gasteiger partial charge in [0, 0.05) is 20.1 Å². The van der Waals surface area contributed by atoms with Crippen LogP contribution in [0, 0.1) is 23.0 Å². The fraction of sp³-hybridized carbons (Fsp3) is 0.407. The quantitative estimate of drug-likeness (QED) is 0.644. The van der Waals surface area contributed by atoms with Gasteiger partial charge in [0.05, 0.1) is 16.9 Å². The molecule has 36 heavy (non-hydrogen) atoms. The first-order valence-electron chi connectivity index (χ1n) is 12.0. The Morgan fingerprint density at radius 3 is 2.28 bits per heavy atom. The molecule has 2 aromatic rings. The van der Waals surface area contributed by atoms with Crippen molar-refractivity contribution in [1.82, 2.24) is 15.1 Å². The molecular weight excluding hydrogens is 468 g/mol. The van der Waals surface area contributed by atoms with Crippen molar-refractivity contribution < 1.29 is 28.0 Å². The Labute approximate surface area is 208 Å². The molecular formula is C27H29F2N3O4. The van der Waals surface area contributed by atoms with Crippen LogP contribution in [0.2, 0.25) is 0 Å². The average Bonchev–Trinajstić information content (AvgIpc) is 3.04. The number of piperidine rings is 1. The topological polar surface area (TPSA) is 86.8 Å². The van der Waals surface area contributed by atoms with E-state index in [-0.39, 0.29) is 36.7 Å². The molecule has 0 aromatic heterocycles. The largest absolute Gasteiger partial charge is 0.341 e. The van der Waals surface area contributed by atoms with E-state index in [0.717, 1.165) is 23.8 Å². The van der Waals surface area contributed by atoms with E-state index in [9.17, 15) is 28.0 Å². The lowest BCUT2D eigenvalue weighted by molar-refractivity contribution is -0.144. The molecule has 2 atom stereocenters. The second-order valence-electron chi connectivity index (χ2n) is 9.85. The van der Waals surface area contributed by atoms with E-state index in [1.165, 1.54) is 11.9 Å². The normalized spacial score (nSPS) is 20.2. The third-order valence-electron chi connectivity index (χ3n) is 7.35. The molecule has 190 valence electrons. The Kier molecular flexibility index (Phi) is 6.93. The van der Waals surface area contributed by atoms with Gasteiger partial charge in [0.2, 0.25) is 17.7 Å². The first kappa shape index (κ1) is 25.5. The summed E-state index contributed by atoms with van der Waals surface area (Å²) in [6, 6.07) is 10.8. The van der Waals surface area contributed by atoms with Crippen molar-refractivity contribution >= 4 is 23.6 Å². The molecule has 1 spiro atoms. The van der Waals surface area contributed by atoms with Crippen molar-refractivity contribution in [3.05, 3.63) is 71.3 Å². The summed E-state index contributed by atoms with van der Waals surface area (Å²) >= 11 is 0. The van der Waals surface area contributed by atoms with Crippen LogP contribution < -0.4 is 5.32 Å². The number of rotatable bonds is 5. The van der Waals surface area contributed by atoms with Gasteiger partial charge in [-0.25, -0.2) is 8.78 Å². The number of nitrogens with one attached hydrogen (secondary N) is 1. The van der Waals surface area contributed by atoms with Crippen LogP contribution >= 0.6 is 0 Å². The highest BCUT2D eigenvalue weighted by Crippen LogP contribution is 2.51. The smallest absolute Gasteiger partial charge is 0.255 e. The van der Waals surface area contributed by atoms with Gasteiger partial charge in [-0.05, 0) is 42.5 Å². The number of carbonyl (C=O) groups excluding carboxylic acids is 4. The molecule has 2 saturated heterocycles. The zero-order valence-corrected chi connectivity index (χ0v) is 20.5. The SMILES string of the molecule is CC(C)[C@@H](NC(=O)c1cc(F)ccc1F)C(=O)N1CCC2(CC1)C(=O)N(C)C(=O)C2c1ccccc1. The minimum Gasteiger partial charge on any atom is -0.341 e. The molecule has 4 rings (SSSR count). The highest BCUT2D eigenvalue weighted by Gasteiger charge is 2.59. The van der Waals surface area contributed by atoms with Gasteiger partial charge in [-0.2, -0.15) is 0 Å². The number of likely N-dealkylation sites (N-methyl/N-ethyl adjacent to an activating group) is 1. The molecule has 7 nitrogen and oxygen atoms in total. The molecule has 9 heteroatoms. The van der Waals surface area contributed by atoms with Gasteiger partial charge in [0.1, 0.15) is 17.7 Å². The first-order chi connectivity index (χ1) is 17.1. The van der Waals surface area contributed by atoms with E-state index in [1.807, 2.05) is 30.3 Å². The minimum atomic E-state index is -0.970. The van der Waals surface area contributed by atoms with Crippen molar-refractivity contribution in [3.8, 4) is 0 Å². The molecule has 2 aromatic carbocycles. The van der Waals surface area contributed by atoms with Crippen molar-refractivity contribution in [2.75, 3.05) is 20.1 Å². The van der Waals surface area contributed by atoms with Crippen LogP contribution in [-0.4, -0.2) is 59.6 Å². The maximum Gasteiger partial charge on any atom is 0.255 e. The van der Waals surface area contributed by atoms with E-state index in [4.69, 9.17) is 0 Å². The molecule has 2 heterocycles. The number of likely N-dealkylation sites (tertiary alicyclic amines) is 2. The highest BCUT2D eigenvalue weighted by molar-refractivity contribution is 6.10. The molecule has 0 saturated carbocycles. The molecule has 2 aliphatic heterocycles. The molecule has 2 aliphatic rings. The molecule has 0 aliphatic carbocycles. The standard InChI is InChI=1S/C27H29F2N3O4/c1-16(2)22(30-23(33)19-15-18(28)9-10-20(19)29)25(35)32-13-11-27(12-14-32)21(17-7-5-4-6-8-17)24(34)31(3)26(27)36/h4-10,15-16,21-22H,11-14H2,1-3H3,(H,30,33)/t21?,22-/m1/s1. The Morgan fingerprint density at radius 1 is 1.03 bits per heavy atom. The van der Waals surface area contributed by atoms with Gasteiger partial charge in [-0.3, -0.25) is 24.1 Å². The number of carbonyl (C=O) groups is 4. The maximum atomic E-state index is 14.1. The Morgan fingerprint density at radius 2 is 1.67 bits per heavy atom. The fourth-order valence-corrected chi connectivity index (χ4v) is 5.32. The Hall–Kier alpha value is -3.62. The van der Waals surface area contributed by atoms with Gasteiger partial charge in [0.25, 0.3) is 5.91 Å². The van der Waals surface area contributed by atoms with Crippen LogP contribution in [0.1, 0.15) is 48.5 Å². The van der Waals surface area contributed by atoms with E-state index >= 15 is 0 Å². The average molecular weight is 498 g/mol. The minimum absolute atomic E-state index is 0.225. The number of benzene rings is 2. The van der Waals surface area contributed by atoms with E-state index in [1.54, 1.807) is 18.7 Å². The Bertz CT molecular complexity index is 1190. The molecule has 0 bridgehead atoms. The van der Waals surface area contributed by atoms with Crippen molar-refractivity contribution in [2.45, 2.75) is 38.6 Å². The number of nitrogens with zero attached hydrogens (tertiary/aromatic N) is 2. The molecule has 0 radical (unpaired) electrons. The molecule has 4 amide bonds. The van der Waals surface area contributed by atoms with Crippen LogP contribution in [0.3, 0.4) is 0 Å². The van der Waals surface area contributed by atoms with E-state index in [2.05, 4.69) is 5.32 Å². The summed E-state index contributed by atoms with van der Waals surface area (Å²) in [6.45, 7) is 3.94. The van der Waals surface area contributed by atoms with Gasteiger partial charge in [0.15, 0.2) is 0 Å². The number of imide groups is 1. The van der Waals surface area contributed by atoms with Gasteiger partial charge < -0.3 is 10.2 Å². The van der Waals surface area contributed by atoms with Crippen LogP contribution in [0.15, 0.2) is 48.5 Å². The van der Waals surface area contributed by atoms with Crippen LogP contribution in [-0.2, 0) is 14.4 Å². The lowest BCUT2D eigenvalue weighted by Crippen LogP contribution is -2.55. The predicted octanol–water partition coefficient (Wildman–Crippen LogP) is 3.11. The maximum absolute atomic E-state index is 14.1. The summed E-state index contributed by atoms with van der Waals surface area (Å²) in [5.74, 6) is -4.34. The summed E-state index contributed by atoms with van der Waals surface area (Å²) in [6.07, 6.45) is 0.592. The van der Waals surface area contributed by atoms with Crippen molar-refractivity contribution in [3.63, 3.8) is 0 Å². The lowest BCUT2D eigenvalue weighted by Gasteiger charge is -2.41. The zero-order chi connectivity index (χ0) is 26.2. The summed E-state index contributed by atoms with van der Waals surface area (Å²) in [5, 5.41) is 2.55. The number of hydrogen-bond donors (Lipinski definition) is 1. The number of hydrogen-bond acceptors (Lipinski definition) is 4. The van der Waals surface area contributed by atoms with E-state index in [0.29, 0.717) is 12.8 Å². The van der Waals surface area contributed by atoms with Crippen LogP contribution in [0.4, 0.5) is 8.78 Å². The monoisotopic (exact) mass is 497 g/mol. The van der Waals surface area contributed by atoms with Gasteiger partial charge in [-0.1, -0.05) is 44.2 Å².